The van der Waals surface area contributed by atoms with Crippen molar-refractivity contribution >= 4 is 36.4 Å². The molecule has 1 aliphatic rings. The Balaban J connectivity index is 0.00000156. The van der Waals surface area contributed by atoms with Crippen molar-refractivity contribution in [2.24, 2.45) is 0 Å². The summed E-state index contributed by atoms with van der Waals surface area (Å²) in [5.41, 5.74) is 1.91. The minimum absolute atomic E-state index is 0. The van der Waals surface area contributed by atoms with Crippen molar-refractivity contribution in [1.29, 1.82) is 0 Å². The molecule has 0 unspecified atom stereocenters. The molecular weight excluding hydrogens is 368 g/mol. The lowest BCUT2D eigenvalue weighted by Gasteiger charge is -2.19. The van der Waals surface area contributed by atoms with Crippen molar-refractivity contribution in [2.75, 3.05) is 18.5 Å². The molecule has 1 aliphatic heterocycles. The van der Waals surface area contributed by atoms with Crippen LogP contribution < -0.4 is 15.4 Å². The van der Waals surface area contributed by atoms with Gasteiger partial charge in [-0.15, -0.1) is 24.8 Å². The zero-order valence-electron chi connectivity index (χ0n) is 13.7. The second kappa shape index (κ2) is 9.56. The monoisotopic (exact) mass is 387 g/mol. The maximum Gasteiger partial charge on any atom is 0.278 e. The van der Waals surface area contributed by atoms with E-state index < -0.39 is 5.91 Å². The van der Waals surface area contributed by atoms with E-state index in [0.29, 0.717) is 30.9 Å². The van der Waals surface area contributed by atoms with Gasteiger partial charge in [-0.3, -0.25) is 4.79 Å². The lowest BCUT2D eigenvalue weighted by molar-refractivity contribution is 0.101. The highest BCUT2D eigenvalue weighted by Crippen LogP contribution is 2.25. The average molecular weight is 388 g/mol. The SMILES string of the molecule is CCOc1cccnc1C(=O)Nc1ccc2c(c1F)CCNC2.Cl.Cl. The number of nitrogens with zero attached hydrogens (tertiary/aromatic N) is 1. The van der Waals surface area contributed by atoms with Crippen molar-refractivity contribution < 1.29 is 13.9 Å². The van der Waals surface area contributed by atoms with Gasteiger partial charge in [0, 0.05) is 12.7 Å². The Hall–Kier alpha value is -1.89. The molecule has 1 aromatic heterocycles. The molecule has 0 bridgehead atoms. The summed E-state index contributed by atoms with van der Waals surface area (Å²) >= 11 is 0. The zero-order chi connectivity index (χ0) is 16.2. The number of carbonyl (C=O) groups is 1. The number of aromatic nitrogens is 1. The largest absolute Gasteiger partial charge is 0.491 e. The van der Waals surface area contributed by atoms with E-state index in [1.807, 2.05) is 13.0 Å². The van der Waals surface area contributed by atoms with Gasteiger partial charge in [-0.2, -0.15) is 0 Å². The second-order valence-electron chi connectivity index (χ2n) is 5.23. The molecule has 0 saturated heterocycles. The van der Waals surface area contributed by atoms with Gasteiger partial charge in [0.05, 0.1) is 12.3 Å². The van der Waals surface area contributed by atoms with Crippen molar-refractivity contribution in [3.8, 4) is 5.75 Å². The zero-order valence-corrected chi connectivity index (χ0v) is 15.3. The number of fused-ring (bicyclic) bond motifs is 1. The Kier molecular flexibility index (Phi) is 8.09. The molecule has 2 aromatic rings. The molecule has 1 aromatic carbocycles. The lowest BCUT2D eigenvalue weighted by atomic mass is 9.99. The summed E-state index contributed by atoms with van der Waals surface area (Å²) < 4.78 is 20.0. The van der Waals surface area contributed by atoms with Crippen molar-refractivity contribution in [2.45, 2.75) is 19.9 Å². The van der Waals surface area contributed by atoms with E-state index in [0.717, 1.165) is 12.1 Å². The van der Waals surface area contributed by atoms with Crippen LogP contribution in [0, 0.1) is 5.82 Å². The summed E-state index contributed by atoms with van der Waals surface area (Å²) in [5, 5.41) is 5.79. The third kappa shape index (κ3) is 4.60. The van der Waals surface area contributed by atoms with Crippen LogP contribution >= 0.6 is 24.8 Å². The topological polar surface area (TPSA) is 63.2 Å². The van der Waals surface area contributed by atoms with Crippen molar-refractivity contribution in [3.05, 3.63) is 53.1 Å². The summed E-state index contributed by atoms with van der Waals surface area (Å²) in [6, 6.07) is 6.78. The second-order valence-corrected chi connectivity index (χ2v) is 5.23. The standard InChI is InChI=1S/C17H18FN3O2.2ClH/c1-2-23-14-4-3-8-20-16(14)17(22)21-13-6-5-11-10-19-9-7-12(11)15(13)18;;/h3-6,8,19H,2,7,9-10H2,1H3,(H,21,22);2*1H. The molecule has 1 amide bonds. The van der Waals surface area contributed by atoms with Gasteiger partial charge in [0.25, 0.3) is 5.91 Å². The molecule has 3 rings (SSSR count). The molecule has 0 spiro atoms. The number of ether oxygens (including phenoxy) is 1. The van der Waals surface area contributed by atoms with E-state index in [1.165, 1.54) is 6.20 Å². The van der Waals surface area contributed by atoms with Gasteiger partial charge in [-0.05, 0) is 49.2 Å². The first-order chi connectivity index (χ1) is 11.2. The number of anilines is 1. The van der Waals surface area contributed by atoms with Crippen LogP contribution in [0.4, 0.5) is 10.1 Å². The molecule has 0 atom stereocenters. The molecule has 2 N–H and O–H groups in total. The molecule has 0 radical (unpaired) electrons. The normalized spacial score (nSPS) is 12.2. The fraction of sp³-hybridized carbons (Fsp3) is 0.294. The van der Waals surface area contributed by atoms with Crippen LogP contribution in [0.5, 0.6) is 5.75 Å². The van der Waals surface area contributed by atoms with E-state index >= 15 is 0 Å². The molecule has 0 fully saturated rings. The van der Waals surface area contributed by atoms with Gasteiger partial charge in [-0.25, -0.2) is 9.37 Å². The summed E-state index contributed by atoms with van der Waals surface area (Å²) in [7, 11) is 0. The highest BCUT2D eigenvalue weighted by Gasteiger charge is 2.20. The van der Waals surface area contributed by atoms with Crippen molar-refractivity contribution in [1.82, 2.24) is 10.3 Å². The first-order valence-electron chi connectivity index (χ1n) is 7.61. The molecule has 2 heterocycles. The molecule has 0 saturated carbocycles. The molecule has 136 valence electrons. The minimum Gasteiger partial charge on any atom is -0.491 e. The Bertz CT molecular complexity index is 744. The Labute approximate surface area is 158 Å². The molecular formula is C17H20Cl2FN3O2. The van der Waals surface area contributed by atoms with Crippen LogP contribution in [0.25, 0.3) is 0 Å². The summed E-state index contributed by atoms with van der Waals surface area (Å²) in [6.07, 6.45) is 2.12. The first-order valence-corrected chi connectivity index (χ1v) is 7.61. The summed E-state index contributed by atoms with van der Waals surface area (Å²) in [6.45, 7) is 3.63. The minimum atomic E-state index is -0.484. The number of hydrogen-bond donors (Lipinski definition) is 2. The Morgan fingerprint density at radius 1 is 1.36 bits per heavy atom. The van der Waals surface area contributed by atoms with E-state index in [9.17, 15) is 9.18 Å². The van der Waals surface area contributed by atoms with Gasteiger partial charge >= 0.3 is 0 Å². The fourth-order valence-corrected chi connectivity index (χ4v) is 2.64. The van der Waals surface area contributed by atoms with Gasteiger partial charge in [0.2, 0.25) is 0 Å². The molecule has 8 heteroatoms. The average Bonchev–Trinajstić information content (AvgIpc) is 2.58. The third-order valence-electron chi connectivity index (χ3n) is 3.74. The smallest absolute Gasteiger partial charge is 0.278 e. The molecule has 0 aliphatic carbocycles. The van der Waals surface area contributed by atoms with Gasteiger partial charge in [0.1, 0.15) is 5.82 Å². The van der Waals surface area contributed by atoms with Crippen LogP contribution in [0.2, 0.25) is 0 Å². The number of pyridine rings is 1. The van der Waals surface area contributed by atoms with E-state index in [2.05, 4.69) is 15.6 Å². The van der Waals surface area contributed by atoms with Crippen LogP contribution in [-0.2, 0) is 13.0 Å². The number of nitrogens with one attached hydrogen (secondary N) is 2. The van der Waals surface area contributed by atoms with E-state index in [-0.39, 0.29) is 42.0 Å². The Morgan fingerprint density at radius 2 is 2.16 bits per heavy atom. The van der Waals surface area contributed by atoms with Gasteiger partial charge in [-0.1, -0.05) is 6.07 Å². The number of hydrogen-bond acceptors (Lipinski definition) is 4. The predicted octanol–water partition coefficient (Wildman–Crippen LogP) is 3.36. The summed E-state index contributed by atoms with van der Waals surface area (Å²) in [5.74, 6) is -0.469. The van der Waals surface area contributed by atoms with Crippen molar-refractivity contribution in [3.63, 3.8) is 0 Å². The van der Waals surface area contributed by atoms with Crippen LogP contribution in [0.3, 0.4) is 0 Å². The number of amides is 1. The maximum atomic E-state index is 14.6. The van der Waals surface area contributed by atoms with Gasteiger partial charge in [0.15, 0.2) is 11.4 Å². The van der Waals surface area contributed by atoms with Crippen LogP contribution in [0.1, 0.15) is 28.5 Å². The van der Waals surface area contributed by atoms with Gasteiger partial charge < -0.3 is 15.4 Å². The number of rotatable bonds is 4. The number of carbonyl (C=O) groups excluding carboxylic acids is 1. The highest BCUT2D eigenvalue weighted by atomic mass is 35.5. The number of halogens is 3. The van der Waals surface area contributed by atoms with Crippen LogP contribution in [-0.4, -0.2) is 24.0 Å². The number of benzene rings is 1. The summed E-state index contributed by atoms with van der Waals surface area (Å²) in [4.78, 5) is 16.4. The highest BCUT2D eigenvalue weighted by molar-refractivity contribution is 6.04. The fourth-order valence-electron chi connectivity index (χ4n) is 2.64. The van der Waals surface area contributed by atoms with E-state index in [4.69, 9.17) is 4.74 Å². The third-order valence-corrected chi connectivity index (χ3v) is 3.74. The predicted molar refractivity (Wildman–Crippen MR) is 99.7 cm³/mol. The lowest BCUT2D eigenvalue weighted by Crippen LogP contribution is -2.25. The van der Waals surface area contributed by atoms with E-state index in [1.54, 1.807) is 18.2 Å². The van der Waals surface area contributed by atoms with Crippen LogP contribution in [0.15, 0.2) is 30.5 Å². The Morgan fingerprint density at radius 3 is 2.92 bits per heavy atom. The first kappa shape index (κ1) is 21.2. The maximum absolute atomic E-state index is 14.6. The quantitative estimate of drug-likeness (QED) is 0.843. The molecule has 5 nitrogen and oxygen atoms in total. The molecule has 25 heavy (non-hydrogen) atoms.